The van der Waals surface area contributed by atoms with Gasteiger partial charge in [0.15, 0.2) is 0 Å². The summed E-state index contributed by atoms with van der Waals surface area (Å²) < 4.78 is 12.8. The summed E-state index contributed by atoms with van der Waals surface area (Å²) in [5.41, 5.74) is 6.91. The number of nitrogens with two attached hydrogens (primary N) is 1. The number of benzene rings is 1. The van der Waals surface area contributed by atoms with E-state index >= 15 is 0 Å². The minimum Gasteiger partial charge on any atom is -0.329 e. The normalized spacial score (nSPS) is 19.3. The summed E-state index contributed by atoms with van der Waals surface area (Å²) in [5.74, 6) is -0.184. The molecule has 0 amide bonds. The fourth-order valence-corrected chi connectivity index (χ4v) is 2.23. The maximum Gasteiger partial charge on any atom is 0.123 e. The van der Waals surface area contributed by atoms with Gasteiger partial charge in [-0.25, -0.2) is 4.39 Å². The largest absolute Gasteiger partial charge is 0.329 e. The van der Waals surface area contributed by atoms with Crippen LogP contribution in [0, 0.1) is 5.82 Å². The molecule has 1 fully saturated rings. The van der Waals surface area contributed by atoms with Crippen LogP contribution in [0.25, 0.3) is 0 Å². The monoisotopic (exact) mass is 208 g/mol. The molecule has 2 nitrogen and oxygen atoms in total. The average Bonchev–Trinajstić information content (AvgIpc) is 2.75. The fourth-order valence-electron chi connectivity index (χ4n) is 2.23. The van der Waals surface area contributed by atoms with E-state index in [2.05, 4.69) is 4.90 Å². The van der Waals surface area contributed by atoms with Crippen LogP contribution < -0.4 is 5.73 Å². The maximum atomic E-state index is 12.8. The van der Waals surface area contributed by atoms with Crippen molar-refractivity contribution in [3.05, 3.63) is 35.6 Å². The third kappa shape index (κ3) is 2.36. The van der Waals surface area contributed by atoms with Crippen molar-refractivity contribution in [2.75, 3.05) is 19.6 Å². The van der Waals surface area contributed by atoms with Crippen molar-refractivity contribution in [3.63, 3.8) is 0 Å². The van der Waals surface area contributed by atoms with E-state index in [-0.39, 0.29) is 11.9 Å². The van der Waals surface area contributed by atoms with Crippen molar-refractivity contribution in [2.24, 2.45) is 5.73 Å². The first-order valence-electron chi connectivity index (χ1n) is 5.51. The molecule has 1 aromatic carbocycles. The van der Waals surface area contributed by atoms with Gasteiger partial charge in [0.05, 0.1) is 0 Å². The molecule has 82 valence electrons. The van der Waals surface area contributed by atoms with Gasteiger partial charge in [0, 0.05) is 12.6 Å². The molecule has 3 heteroatoms. The third-order valence-electron chi connectivity index (χ3n) is 3.06. The average molecular weight is 208 g/mol. The summed E-state index contributed by atoms with van der Waals surface area (Å²) in [6.07, 6.45) is 2.50. The molecule has 15 heavy (non-hydrogen) atoms. The minimum absolute atomic E-state index is 0.184. The predicted octanol–water partition coefficient (Wildman–Crippen LogP) is 1.92. The second-order valence-corrected chi connectivity index (χ2v) is 4.05. The second kappa shape index (κ2) is 4.73. The highest BCUT2D eigenvalue weighted by Crippen LogP contribution is 2.24. The van der Waals surface area contributed by atoms with Crippen molar-refractivity contribution in [2.45, 2.75) is 18.9 Å². The Kier molecular flexibility index (Phi) is 3.34. The first-order chi connectivity index (χ1) is 7.31. The summed E-state index contributed by atoms with van der Waals surface area (Å²) in [6.45, 7) is 2.82. The Bertz CT molecular complexity index is 304. The van der Waals surface area contributed by atoms with Gasteiger partial charge in [-0.1, -0.05) is 12.1 Å². The van der Waals surface area contributed by atoms with Gasteiger partial charge in [0.1, 0.15) is 5.82 Å². The molecule has 1 saturated heterocycles. The van der Waals surface area contributed by atoms with Crippen LogP contribution in [-0.4, -0.2) is 24.5 Å². The number of hydrogen-bond donors (Lipinski definition) is 1. The Hall–Kier alpha value is -0.930. The number of nitrogens with zero attached hydrogens (tertiary/aromatic N) is 1. The summed E-state index contributed by atoms with van der Waals surface area (Å²) >= 11 is 0. The van der Waals surface area contributed by atoms with Crippen LogP contribution in [0.3, 0.4) is 0 Å². The van der Waals surface area contributed by atoms with Crippen LogP contribution in [0.4, 0.5) is 4.39 Å². The maximum absolute atomic E-state index is 12.8. The zero-order chi connectivity index (χ0) is 10.7. The molecule has 1 aliphatic rings. The lowest BCUT2D eigenvalue weighted by Crippen LogP contribution is -2.31. The Morgan fingerprint density at radius 2 is 1.80 bits per heavy atom. The highest BCUT2D eigenvalue weighted by Gasteiger charge is 2.21. The van der Waals surface area contributed by atoms with Crippen LogP contribution in [0.15, 0.2) is 24.3 Å². The van der Waals surface area contributed by atoms with Crippen LogP contribution in [0.5, 0.6) is 0 Å². The van der Waals surface area contributed by atoms with Crippen LogP contribution in [-0.2, 0) is 0 Å². The van der Waals surface area contributed by atoms with Gasteiger partial charge >= 0.3 is 0 Å². The molecule has 0 spiro atoms. The molecule has 0 aliphatic carbocycles. The molecule has 1 unspecified atom stereocenters. The van der Waals surface area contributed by atoms with E-state index in [0.29, 0.717) is 6.54 Å². The Morgan fingerprint density at radius 1 is 1.20 bits per heavy atom. The summed E-state index contributed by atoms with van der Waals surface area (Å²) in [7, 11) is 0. The van der Waals surface area contributed by atoms with E-state index in [9.17, 15) is 4.39 Å². The quantitative estimate of drug-likeness (QED) is 0.822. The highest BCUT2D eigenvalue weighted by molar-refractivity contribution is 5.20. The molecule has 0 aromatic heterocycles. The molecule has 2 N–H and O–H groups in total. The lowest BCUT2D eigenvalue weighted by atomic mass is 10.1. The lowest BCUT2D eigenvalue weighted by Gasteiger charge is -2.26. The molecule has 1 aromatic rings. The van der Waals surface area contributed by atoms with E-state index in [4.69, 9.17) is 5.73 Å². The first kappa shape index (κ1) is 10.6. The number of hydrogen-bond acceptors (Lipinski definition) is 2. The van der Waals surface area contributed by atoms with Crippen LogP contribution in [0.1, 0.15) is 24.4 Å². The predicted molar refractivity (Wildman–Crippen MR) is 59.0 cm³/mol. The van der Waals surface area contributed by atoms with Gasteiger partial charge in [-0.15, -0.1) is 0 Å². The standard InChI is InChI=1S/C12H17FN2/c13-11-5-3-10(4-6-11)12(9-14)15-7-1-2-8-15/h3-6,12H,1-2,7-9,14H2. The molecule has 1 aliphatic heterocycles. The lowest BCUT2D eigenvalue weighted by molar-refractivity contribution is 0.251. The van der Waals surface area contributed by atoms with Crippen molar-refractivity contribution in [3.8, 4) is 0 Å². The Labute approximate surface area is 89.9 Å². The Morgan fingerprint density at radius 3 is 2.33 bits per heavy atom. The number of likely N-dealkylation sites (tertiary alicyclic amines) is 1. The molecule has 2 rings (SSSR count). The van der Waals surface area contributed by atoms with Crippen molar-refractivity contribution in [1.82, 2.24) is 4.90 Å². The van der Waals surface area contributed by atoms with Gasteiger partial charge in [0.25, 0.3) is 0 Å². The van der Waals surface area contributed by atoms with Gasteiger partial charge in [-0.2, -0.15) is 0 Å². The highest BCUT2D eigenvalue weighted by atomic mass is 19.1. The van der Waals surface area contributed by atoms with E-state index in [0.717, 1.165) is 18.7 Å². The second-order valence-electron chi connectivity index (χ2n) is 4.05. The molecular weight excluding hydrogens is 191 g/mol. The molecule has 1 heterocycles. The third-order valence-corrected chi connectivity index (χ3v) is 3.06. The summed E-state index contributed by atoms with van der Waals surface area (Å²) in [5, 5.41) is 0. The van der Waals surface area contributed by atoms with Gasteiger partial charge in [0.2, 0.25) is 0 Å². The van der Waals surface area contributed by atoms with E-state index in [1.54, 1.807) is 0 Å². The van der Waals surface area contributed by atoms with Crippen LogP contribution >= 0.6 is 0 Å². The van der Waals surface area contributed by atoms with Gasteiger partial charge in [-0.05, 0) is 43.6 Å². The smallest absolute Gasteiger partial charge is 0.123 e. The molecule has 1 atom stereocenters. The first-order valence-corrected chi connectivity index (χ1v) is 5.51. The molecular formula is C12H17FN2. The zero-order valence-electron chi connectivity index (χ0n) is 8.82. The zero-order valence-corrected chi connectivity index (χ0v) is 8.82. The van der Waals surface area contributed by atoms with Crippen molar-refractivity contribution >= 4 is 0 Å². The summed E-state index contributed by atoms with van der Waals surface area (Å²) in [4.78, 5) is 2.38. The van der Waals surface area contributed by atoms with E-state index < -0.39 is 0 Å². The summed E-state index contributed by atoms with van der Waals surface area (Å²) in [6, 6.07) is 6.95. The fraction of sp³-hybridized carbons (Fsp3) is 0.500. The van der Waals surface area contributed by atoms with Crippen molar-refractivity contribution in [1.29, 1.82) is 0 Å². The van der Waals surface area contributed by atoms with Crippen LogP contribution in [0.2, 0.25) is 0 Å². The van der Waals surface area contributed by atoms with Gasteiger partial charge < -0.3 is 5.73 Å². The van der Waals surface area contributed by atoms with E-state index in [1.165, 1.54) is 25.0 Å². The number of rotatable bonds is 3. The Balaban J connectivity index is 2.14. The topological polar surface area (TPSA) is 29.3 Å². The molecule has 0 radical (unpaired) electrons. The molecule has 0 saturated carbocycles. The van der Waals surface area contributed by atoms with E-state index in [1.807, 2.05) is 12.1 Å². The minimum atomic E-state index is -0.184. The van der Waals surface area contributed by atoms with Crippen molar-refractivity contribution < 1.29 is 4.39 Å². The van der Waals surface area contributed by atoms with Gasteiger partial charge in [-0.3, -0.25) is 4.90 Å². The molecule has 0 bridgehead atoms. The number of halogens is 1. The SMILES string of the molecule is NCC(c1ccc(F)cc1)N1CCCC1.